The van der Waals surface area contributed by atoms with E-state index in [1.165, 1.54) is 6.33 Å². The van der Waals surface area contributed by atoms with E-state index in [0.29, 0.717) is 5.56 Å². The molecule has 0 saturated carbocycles. The third-order valence-electron chi connectivity index (χ3n) is 3.11. The molecule has 1 aromatic carbocycles. The van der Waals surface area contributed by atoms with E-state index >= 15 is 0 Å². The van der Waals surface area contributed by atoms with E-state index in [0.717, 1.165) is 34.4 Å². The zero-order valence-corrected chi connectivity index (χ0v) is 10.3. The van der Waals surface area contributed by atoms with Crippen molar-refractivity contribution in [3.8, 4) is 0 Å². The molecule has 0 radical (unpaired) electrons. The molecular formula is C14H12N4O. The Morgan fingerprint density at radius 3 is 3.00 bits per heavy atom. The zero-order chi connectivity index (χ0) is 13.2. The van der Waals surface area contributed by atoms with Gasteiger partial charge in [0.05, 0.1) is 5.39 Å². The number of benzene rings is 1. The minimum Gasteiger partial charge on any atom is -0.346 e. The molecule has 0 saturated heterocycles. The lowest BCUT2D eigenvalue weighted by atomic mass is 10.1. The summed E-state index contributed by atoms with van der Waals surface area (Å²) in [5, 5.41) is 4.16. The van der Waals surface area contributed by atoms with Gasteiger partial charge in [0.15, 0.2) is 0 Å². The predicted octanol–water partition coefficient (Wildman–Crippen LogP) is 2.82. The molecular weight excluding hydrogens is 240 g/mol. The maximum absolute atomic E-state index is 10.9. The Morgan fingerprint density at radius 1 is 1.26 bits per heavy atom. The first-order chi connectivity index (χ1) is 9.29. The van der Waals surface area contributed by atoms with Crippen molar-refractivity contribution in [1.82, 2.24) is 15.0 Å². The predicted molar refractivity (Wildman–Crippen MR) is 73.7 cm³/mol. The Bertz CT molecular complexity index is 748. The number of H-pyrrole nitrogens is 1. The smallest absolute Gasteiger partial charge is 0.150 e. The van der Waals surface area contributed by atoms with E-state index in [-0.39, 0.29) is 0 Å². The maximum atomic E-state index is 10.9. The Labute approximate surface area is 109 Å². The van der Waals surface area contributed by atoms with Crippen LogP contribution in [-0.2, 0) is 0 Å². The molecule has 3 rings (SSSR count). The molecule has 3 aromatic rings. The third-order valence-corrected chi connectivity index (χ3v) is 3.11. The fourth-order valence-corrected chi connectivity index (χ4v) is 2.02. The number of aromatic amines is 1. The molecule has 5 heteroatoms. The number of aromatic nitrogens is 3. The van der Waals surface area contributed by atoms with E-state index in [2.05, 4.69) is 20.3 Å². The zero-order valence-electron chi connectivity index (χ0n) is 10.3. The summed E-state index contributed by atoms with van der Waals surface area (Å²) < 4.78 is 0. The number of fused-ring (bicyclic) bond motifs is 1. The van der Waals surface area contributed by atoms with Crippen molar-refractivity contribution in [2.45, 2.75) is 6.92 Å². The first-order valence-electron chi connectivity index (χ1n) is 5.89. The van der Waals surface area contributed by atoms with Crippen LogP contribution in [0, 0.1) is 6.92 Å². The molecule has 0 unspecified atom stereocenters. The second-order valence-corrected chi connectivity index (χ2v) is 4.22. The monoisotopic (exact) mass is 252 g/mol. The minimum absolute atomic E-state index is 0.671. The molecule has 94 valence electrons. The third kappa shape index (κ3) is 1.95. The summed E-state index contributed by atoms with van der Waals surface area (Å²) in [6, 6.07) is 7.47. The number of anilines is 2. The van der Waals surface area contributed by atoms with Crippen LogP contribution in [0.15, 0.2) is 36.8 Å². The van der Waals surface area contributed by atoms with Crippen LogP contribution in [0.3, 0.4) is 0 Å². The summed E-state index contributed by atoms with van der Waals surface area (Å²) in [4.78, 5) is 22.4. The van der Waals surface area contributed by atoms with E-state index in [1.54, 1.807) is 6.07 Å². The van der Waals surface area contributed by atoms with Crippen LogP contribution >= 0.6 is 0 Å². The van der Waals surface area contributed by atoms with Crippen LogP contribution in [-0.4, -0.2) is 21.2 Å². The molecule has 19 heavy (non-hydrogen) atoms. The number of carbonyl (C=O) groups is 1. The quantitative estimate of drug-likeness (QED) is 0.703. The summed E-state index contributed by atoms with van der Waals surface area (Å²) in [6.07, 6.45) is 4.17. The van der Waals surface area contributed by atoms with E-state index in [1.807, 2.05) is 31.3 Å². The van der Waals surface area contributed by atoms with Gasteiger partial charge in [-0.25, -0.2) is 9.97 Å². The first-order valence-corrected chi connectivity index (χ1v) is 5.89. The average molecular weight is 252 g/mol. The van der Waals surface area contributed by atoms with Gasteiger partial charge in [-0.1, -0.05) is 12.1 Å². The lowest BCUT2D eigenvalue weighted by Gasteiger charge is -2.10. The molecule has 2 heterocycles. The number of hydrogen-bond acceptors (Lipinski definition) is 4. The van der Waals surface area contributed by atoms with Crippen molar-refractivity contribution in [2.24, 2.45) is 0 Å². The highest BCUT2D eigenvalue weighted by molar-refractivity contribution is 5.90. The Morgan fingerprint density at radius 2 is 2.16 bits per heavy atom. The molecule has 2 N–H and O–H groups in total. The number of nitrogens with zero attached hydrogens (tertiary/aromatic N) is 2. The average Bonchev–Trinajstić information content (AvgIpc) is 2.90. The normalized spacial score (nSPS) is 10.6. The van der Waals surface area contributed by atoms with Crippen molar-refractivity contribution >= 4 is 28.8 Å². The number of aldehydes is 1. The van der Waals surface area contributed by atoms with Gasteiger partial charge in [0.25, 0.3) is 0 Å². The molecule has 0 aliphatic rings. The van der Waals surface area contributed by atoms with Crippen molar-refractivity contribution in [3.05, 3.63) is 47.9 Å². The Balaban J connectivity index is 2.06. The van der Waals surface area contributed by atoms with E-state index < -0.39 is 0 Å². The van der Waals surface area contributed by atoms with Gasteiger partial charge < -0.3 is 10.3 Å². The molecule has 2 aromatic heterocycles. The largest absolute Gasteiger partial charge is 0.346 e. The maximum Gasteiger partial charge on any atom is 0.150 e. The van der Waals surface area contributed by atoms with Crippen molar-refractivity contribution in [3.63, 3.8) is 0 Å². The first kappa shape index (κ1) is 11.4. The van der Waals surface area contributed by atoms with Gasteiger partial charge in [0, 0.05) is 17.4 Å². The fraction of sp³-hybridized carbons (Fsp3) is 0.0714. The summed E-state index contributed by atoms with van der Waals surface area (Å²) in [6.45, 7) is 1.90. The van der Waals surface area contributed by atoms with Gasteiger partial charge in [0.1, 0.15) is 24.1 Å². The van der Waals surface area contributed by atoms with Crippen molar-refractivity contribution in [1.29, 1.82) is 0 Å². The van der Waals surface area contributed by atoms with Gasteiger partial charge in [-0.3, -0.25) is 4.79 Å². The van der Waals surface area contributed by atoms with Crippen molar-refractivity contribution in [2.75, 3.05) is 5.32 Å². The topological polar surface area (TPSA) is 70.7 Å². The molecule has 0 bridgehead atoms. The summed E-state index contributed by atoms with van der Waals surface area (Å²) in [5.74, 6) is 0.720. The molecule has 0 spiro atoms. The van der Waals surface area contributed by atoms with Crippen LogP contribution in [0.5, 0.6) is 0 Å². The second kappa shape index (κ2) is 4.53. The molecule has 0 aliphatic carbocycles. The SMILES string of the molecule is Cc1c(C=O)cccc1Nc1ncnc2[nH]ccc12. The Hall–Kier alpha value is -2.69. The number of hydrogen-bond donors (Lipinski definition) is 2. The molecule has 5 nitrogen and oxygen atoms in total. The van der Waals surface area contributed by atoms with Gasteiger partial charge >= 0.3 is 0 Å². The van der Waals surface area contributed by atoms with Crippen LogP contribution in [0.2, 0.25) is 0 Å². The summed E-state index contributed by atoms with van der Waals surface area (Å²) in [5.41, 5.74) is 3.22. The lowest BCUT2D eigenvalue weighted by molar-refractivity contribution is 0.112. The van der Waals surface area contributed by atoms with Crippen LogP contribution in [0.4, 0.5) is 11.5 Å². The number of rotatable bonds is 3. The molecule has 0 amide bonds. The highest BCUT2D eigenvalue weighted by Gasteiger charge is 2.07. The van der Waals surface area contributed by atoms with E-state index in [9.17, 15) is 4.79 Å². The van der Waals surface area contributed by atoms with Crippen LogP contribution in [0.25, 0.3) is 11.0 Å². The Kier molecular flexibility index (Phi) is 2.72. The molecule has 0 fully saturated rings. The van der Waals surface area contributed by atoms with Gasteiger partial charge in [0.2, 0.25) is 0 Å². The molecule has 0 aliphatic heterocycles. The molecule has 0 atom stereocenters. The summed E-state index contributed by atoms with van der Waals surface area (Å²) >= 11 is 0. The van der Waals surface area contributed by atoms with Gasteiger partial charge in [-0.05, 0) is 24.6 Å². The van der Waals surface area contributed by atoms with Crippen molar-refractivity contribution < 1.29 is 4.79 Å². The number of carbonyl (C=O) groups excluding carboxylic acids is 1. The van der Waals surface area contributed by atoms with Gasteiger partial charge in [-0.15, -0.1) is 0 Å². The van der Waals surface area contributed by atoms with Crippen LogP contribution in [0.1, 0.15) is 15.9 Å². The van der Waals surface area contributed by atoms with Gasteiger partial charge in [-0.2, -0.15) is 0 Å². The second-order valence-electron chi connectivity index (χ2n) is 4.22. The highest BCUT2D eigenvalue weighted by atomic mass is 16.1. The summed E-state index contributed by atoms with van der Waals surface area (Å²) in [7, 11) is 0. The standard InChI is InChI=1S/C14H12N4O/c1-9-10(7-19)3-2-4-12(9)18-14-11-5-6-15-13(11)16-8-17-14/h2-8H,1H3,(H2,15,16,17,18). The lowest BCUT2D eigenvalue weighted by Crippen LogP contribution is -1.99. The van der Waals surface area contributed by atoms with Crippen LogP contribution < -0.4 is 5.32 Å². The minimum atomic E-state index is 0.671. The number of nitrogens with one attached hydrogen (secondary N) is 2. The highest BCUT2D eigenvalue weighted by Crippen LogP contribution is 2.25. The fourth-order valence-electron chi connectivity index (χ4n) is 2.02. The van der Waals surface area contributed by atoms with E-state index in [4.69, 9.17) is 0 Å².